The van der Waals surface area contributed by atoms with Crippen molar-refractivity contribution >= 4 is 17.5 Å². The molecule has 3 aromatic rings. The number of aryl methyl sites for hydroxylation is 1. The highest BCUT2D eigenvalue weighted by atomic mass is 16.5. The third-order valence-corrected chi connectivity index (χ3v) is 6.56. The molecule has 34 heavy (non-hydrogen) atoms. The maximum atomic E-state index is 13.0. The van der Waals surface area contributed by atoms with Crippen LogP contribution < -0.4 is 20.7 Å². The van der Waals surface area contributed by atoms with E-state index >= 15 is 0 Å². The van der Waals surface area contributed by atoms with E-state index in [1.807, 2.05) is 18.2 Å². The summed E-state index contributed by atoms with van der Waals surface area (Å²) >= 11 is 0. The van der Waals surface area contributed by atoms with Gasteiger partial charge in [-0.25, -0.2) is 0 Å². The molecular weight excluding hydrogens is 428 g/mol. The summed E-state index contributed by atoms with van der Waals surface area (Å²) in [5.74, 6) is 0.930. The normalized spacial score (nSPS) is 16.7. The molecule has 1 unspecified atom stereocenters. The molecule has 174 valence electrons. The summed E-state index contributed by atoms with van der Waals surface area (Å²) in [5, 5.41) is 9.07. The zero-order valence-corrected chi connectivity index (χ0v) is 19.2. The molecule has 2 aromatic carbocycles. The van der Waals surface area contributed by atoms with Crippen LogP contribution >= 0.6 is 0 Å². The van der Waals surface area contributed by atoms with Crippen molar-refractivity contribution in [2.45, 2.75) is 32.2 Å². The molecule has 7 heteroatoms. The summed E-state index contributed by atoms with van der Waals surface area (Å²) in [6.07, 6.45) is 4.93. The highest BCUT2D eigenvalue weighted by molar-refractivity contribution is 5.93. The van der Waals surface area contributed by atoms with Crippen molar-refractivity contribution < 1.29 is 14.3 Å². The minimum atomic E-state index is -0.264. The van der Waals surface area contributed by atoms with Crippen LogP contribution in [0, 0.1) is 5.92 Å². The Kier molecular flexibility index (Phi) is 6.27. The summed E-state index contributed by atoms with van der Waals surface area (Å²) in [4.78, 5) is 29.0. The third kappa shape index (κ3) is 4.79. The average molecular weight is 457 g/mol. The Morgan fingerprint density at radius 2 is 1.79 bits per heavy atom. The summed E-state index contributed by atoms with van der Waals surface area (Å²) in [6.45, 7) is 1.85. The van der Waals surface area contributed by atoms with Gasteiger partial charge >= 0.3 is 0 Å². The van der Waals surface area contributed by atoms with E-state index in [9.17, 15) is 9.59 Å². The van der Waals surface area contributed by atoms with E-state index in [1.165, 1.54) is 16.7 Å². The summed E-state index contributed by atoms with van der Waals surface area (Å²) in [7, 11) is 1.57. The zero-order valence-electron chi connectivity index (χ0n) is 19.2. The van der Waals surface area contributed by atoms with E-state index in [0.717, 1.165) is 43.6 Å². The minimum Gasteiger partial charge on any atom is -0.457 e. The zero-order chi connectivity index (χ0) is 23.5. The van der Waals surface area contributed by atoms with Crippen LogP contribution in [-0.4, -0.2) is 30.4 Å². The van der Waals surface area contributed by atoms with Crippen molar-refractivity contribution in [3.05, 3.63) is 82.7 Å². The molecule has 0 saturated heterocycles. The fourth-order valence-electron chi connectivity index (χ4n) is 4.69. The first-order valence-corrected chi connectivity index (χ1v) is 11.7. The van der Waals surface area contributed by atoms with Crippen LogP contribution in [0.3, 0.4) is 0 Å². The number of carbonyl (C=O) groups is 2. The van der Waals surface area contributed by atoms with Crippen LogP contribution in [-0.2, 0) is 30.6 Å². The van der Waals surface area contributed by atoms with E-state index in [2.05, 4.69) is 39.1 Å². The number of aromatic nitrogens is 1. The minimum absolute atomic E-state index is 0.0602. The van der Waals surface area contributed by atoms with E-state index in [0.29, 0.717) is 23.6 Å². The molecule has 1 aliphatic heterocycles. The Labute approximate surface area is 198 Å². The molecule has 0 radical (unpaired) electrons. The molecule has 3 N–H and O–H groups in total. The van der Waals surface area contributed by atoms with Crippen LogP contribution in [0.5, 0.6) is 11.5 Å². The topological polar surface area (TPSA) is 92.3 Å². The number of anilines is 1. The SMILES string of the molecule is CNC(=O)c1cc(Oc2ccc3c(c2)CC(C(=O)Nc2ccc4c(c2)CNCC4)CC3)ccn1. The maximum absolute atomic E-state index is 13.0. The van der Waals surface area contributed by atoms with E-state index < -0.39 is 0 Å². The van der Waals surface area contributed by atoms with Gasteiger partial charge in [0.1, 0.15) is 17.2 Å². The van der Waals surface area contributed by atoms with Crippen LogP contribution in [0.25, 0.3) is 0 Å². The second-order valence-corrected chi connectivity index (χ2v) is 8.83. The lowest BCUT2D eigenvalue weighted by Crippen LogP contribution is -2.28. The molecule has 1 aromatic heterocycles. The highest BCUT2D eigenvalue weighted by Gasteiger charge is 2.25. The Bertz CT molecular complexity index is 1240. The first-order valence-electron chi connectivity index (χ1n) is 11.7. The molecular formula is C27H28N4O3. The van der Waals surface area contributed by atoms with Crippen molar-refractivity contribution in [1.29, 1.82) is 0 Å². The summed E-state index contributed by atoms with van der Waals surface area (Å²) in [5.41, 5.74) is 6.15. The molecule has 0 fully saturated rings. The van der Waals surface area contributed by atoms with Crippen molar-refractivity contribution in [3.63, 3.8) is 0 Å². The van der Waals surface area contributed by atoms with Gasteiger partial charge in [-0.2, -0.15) is 0 Å². The second-order valence-electron chi connectivity index (χ2n) is 8.83. The smallest absolute Gasteiger partial charge is 0.269 e. The highest BCUT2D eigenvalue weighted by Crippen LogP contribution is 2.31. The van der Waals surface area contributed by atoms with Gasteiger partial charge in [-0.05, 0) is 84.8 Å². The van der Waals surface area contributed by atoms with Crippen LogP contribution in [0.15, 0.2) is 54.7 Å². The summed E-state index contributed by atoms with van der Waals surface area (Å²) in [6, 6.07) is 15.5. The van der Waals surface area contributed by atoms with Gasteiger partial charge in [-0.3, -0.25) is 14.6 Å². The molecule has 5 rings (SSSR count). The number of fused-ring (bicyclic) bond motifs is 2. The number of benzene rings is 2. The first-order chi connectivity index (χ1) is 16.6. The maximum Gasteiger partial charge on any atom is 0.269 e. The van der Waals surface area contributed by atoms with Gasteiger partial charge in [-0.15, -0.1) is 0 Å². The van der Waals surface area contributed by atoms with Crippen molar-refractivity contribution in [3.8, 4) is 11.5 Å². The van der Waals surface area contributed by atoms with Gasteiger partial charge < -0.3 is 20.7 Å². The Morgan fingerprint density at radius 1 is 0.971 bits per heavy atom. The molecule has 0 spiro atoms. The molecule has 2 amide bonds. The van der Waals surface area contributed by atoms with Gasteiger partial charge in [0.25, 0.3) is 5.91 Å². The van der Waals surface area contributed by atoms with Gasteiger partial charge in [0.05, 0.1) is 0 Å². The number of carbonyl (C=O) groups excluding carboxylic acids is 2. The number of ether oxygens (including phenoxy) is 1. The first kappa shape index (κ1) is 22.1. The van der Waals surface area contributed by atoms with E-state index in [4.69, 9.17) is 4.74 Å². The fourth-order valence-corrected chi connectivity index (χ4v) is 4.69. The van der Waals surface area contributed by atoms with Crippen LogP contribution in [0.2, 0.25) is 0 Å². The van der Waals surface area contributed by atoms with Crippen molar-refractivity contribution in [1.82, 2.24) is 15.6 Å². The van der Waals surface area contributed by atoms with Crippen molar-refractivity contribution in [2.24, 2.45) is 5.92 Å². The quantitative estimate of drug-likeness (QED) is 0.545. The van der Waals surface area contributed by atoms with Crippen LogP contribution in [0.1, 0.15) is 39.2 Å². The molecule has 1 aliphatic carbocycles. The monoisotopic (exact) mass is 456 g/mol. The number of rotatable bonds is 5. The Morgan fingerprint density at radius 3 is 2.68 bits per heavy atom. The number of amides is 2. The predicted molar refractivity (Wildman–Crippen MR) is 130 cm³/mol. The lowest BCUT2D eigenvalue weighted by Gasteiger charge is -2.25. The number of hydrogen-bond donors (Lipinski definition) is 3. The summed E-state index contributed by atoms with van der Waals surface area (Å²) < 4.78 is 6.00. The van der Waals surface area contributed by atoms with Crippen molar-refractivity contribution in [2.75, 3.05) is 18.9 Å². The fraction of sp³-hybridized carbons (Fsp3) is 0.296. The lowest BCUT2D eigenvalue weighted by molar-refractivity contribution is -0.120. The Balaban J connectivity index is 1.27. The van der Waals surface area contributed by atoms with Gasteiger partial charge in [0.2, 0.25) is 5.91 Å². The van der Waals surface area contributed by atoms with Gasteiger partial charge in [0.15, 0.2) is 0 Å². The third-order valence-electron chi connectivity index (χ3n) is 6.56. The molecule has 2 heterocycles. The molecule has 0 saturated carbocycles. The predicted octanol–water partition coefficient (Wildman–Crippen LogP) is 3.62. The van der Waals surface area contributed by atoms with Gasteiger partial charge in [0, 0.05) is 37.5 Å². The number of hydrogen-bond acceptors (Lipinski definition) is 5. The lowest BCUT2D eigenvalue weighted by atomic mass is 9.83. The largest absolute Gasteiger partial charge is 0.457 e. The standard InChI is InChI=1S/C27H28N4O3/c1-28-27(33)25-15-24(9-11-30-25)34-23-7-5-17-2-3-19(12-20(17)14-23)26(32)31-22-6-4-18-8-10-29-16-21(18)13-22/h4-7,9,11,13-15,19,29H,2-3,8,10,12,16H2,1H3,(H,28,33)(H,31,32). The molecule has 2 aliphatic rings. The molecule has 1 atom stereocenters. The second kappa shape index (κ2) is 9.65. The van der Waals surface area contributed by atoms with E-state index in [1.54, 1.807) is 25.4 Å². The average Bonchev–Trinajstić information content (AvgIpc) is 2.88. The number of pyridine rings is 1. The van der Waals surface area contributed by atoms with Crippen LogP contribution in [0.4, 0.5) is 5.69 Å². The molecule has 7 nitrogen and oxygen atoms in total. The molecule has 0 bridgehead atoms. The number of nitrogens with zero attached hydrogens (tertiary/aromatic N) is 1. The van der Waals surface area contributed by atoms with E-state index in [-0.39, 0.29) is 17.7 Å². The Hall–Kier alpha value is -3.71. The van der Waals surface area contributed by atoms with Gasteiger partial charge in [-0.1, -0.05) is 12.1 Å². The number of nitrogens with one attached hydrogen (secondary N) is 3.